The van der Waals surface area contributed by atoms with Crippen molar-refractivity contribution in [3.8, 4) is 0 Å². The van der Waals surface area contributed by atoms with E-state index in [1.54, 1.807) is 11.2 Å². The molecule has 0 aromatic carbocycles. The summed E-state index contributed by atoms with van der Waals surface area (Å²) in [6, 6.07) is 3.96. The summed E-state index contributed by atoms with van der Waals surface area (Å²) < 4.78 is 11.2. The number of hydrogen-bond acceptors (Lipinski definition) is 4. The third-order valence-corrected chi connectivity index (χ3v) is 5.59. The molecule has 3 rings (SSSR count). The largest absolute Gasteiger partial charge is 0.467 e. The van der Waals surface area contributed by atoms with Crippen LogP contribution in [-0.2, 0) is 20.9 Å². The minimum absolute atomic E-state index is 0.0132. The number of furan rings is 1. The Balaban J connectivity index is 1.58. The third kappa shape index (κ3) is 6.36. The second-order valence-corrected chi connectivity index (χ2v) is 8.05. The topological polar surface area (TPSA) is 63.0 Å². The molecule has 1 aromatic heterocycles. The zero-order valence-corrected chi connectivity index (χ0v) is 17.1. The second kappa shape index (κ2) is 10.6. The molecule has 1 aliphatic heterocycles. The van der Waals surface area contributed by atoms with Crippen molar-refractivity contribution in [2.75, 3.05) is 19.7 Å². The zero-order chi connectivity index (χ0) is 19.8. The normalized spacial score (nSPS) is 19.0. The van der Waals surface area contributed by atoms with Gasteiger partial charge in [0.25, 0.3) is 0 Å². The summed E-state index contributed by atoms with van der Waals surface area (Å²) in [6.07, 6.45) is 10.6. The van der Waals surface area contributed by atoms with E-state index in [9.17, 15) is 9.59 Å². The number of amides is 2. The van der Waals surface area contributed by atoms with Gasteiger partial charge in [0.1, 0.15) is 12.3 Å². The summed E-state index contributed by atoms with van der Waals surface area (Å²) in [5.41, 5.74) is 0. The first-order chi connectivity index (χ1) is 13.7. The number of ether oxygens (including phenoxy) is 1. The Bertz CT molecular complexity index is 606. The highest BCUT2D eigenvalue weighted by Crippen LogP contribution is 2.28. The van der Waals surface area contributed by atoms with Crippen LogP contribution in [0.5, 0.6) is 0 Å². The fourth-order valence-electron chi connectivity index (χ4n) is 3.78. The summed E-state index contributed by atoms with van der Waals surface area (Å²) in [5.74, 6) is 0.873. The van der Waals surface area contributed by atoms with Gasteiger partial charge >= 0.3 is 0 Å². The highest BCUT2D eigenvalue weighted by atomic mass is 16.5. The molecule has 0 bridgehead atoms. The molecule has 2 heterocycles. The number of hydrogen-bond donors (Lipinski definition) is 0. The molecule has 2 fully saturated rings. The Labute approximate surface area is 168 Å². The van der Waals surface area contributed by atoms with Crippen LogP contribution in [0.3, 0.4) is 0 Å². The van der Waals surface area contributed by atoms with Crippen molar-refractivity contribution in [3.05, 3.63) is 24.2 Å². The van der Waals surface area contributed by atoms with E-state index in [1.165, 1.54) is 0 Å². The van der Waals surface area contributed by atoms with Gasteiger partial charge in [0.2, 0.25) is 11.8 Å². The molecule has 1 aliphatic carbocycles. The Kier molecular flexibility index (Phi) is 7.95. The molecular formula is C22H34N2O4. The van der Waals surface area contributed by atoms with Crippen LogP contribution >= 0.6 is 0 Å². The zero-order valence-electron chi connectivity index (χ0n) is 17.1. The van der Waals surface area contributed by atoms with E-state index in [-0.39, 0.29) is 30.5 Å². The van der Waals surface area contributed by atoms with Crippen molar-refractivity contribution >= 4 is 11.8 Å². The lowest BCUT2D eigenvalue weighted by molar-refractivity contribution is -0.142. The number of rotatable bonds is 12. The molecule has 0 spiro atoms. The average molecular weight is 391 g/mol. The summed E-state index contributed by atoms with van der Waals surface area (Å²) in [4.78, 5) is 29.5. The lowest BCUT2D eigenvalue weighted by Gasteiger charge is -2.29. The molecule has 0 N–H and O–H groups in total. The monoisotopic (exact) mass is 390 g/mol. The second-order valence-electron chi connectivity index (χ2n) is 8.05. The van der Waals surface area contributed by atoms with Gasteiger partial charge in [-0.2, -0.15) is 0 Å². The molecule has 0 radical (unpaired) electrons. The highest BCUT2D eigenvalue weighted by Gasteiger charge is 2.35. The van der Waals surface area contributed by atoms with Crippen LogP contribution in [0.25, 0.3) is 0 Å². The molecular weight excluding hydrogens is 356 g/mol. The van der Waals surface area contributed by atoms with E-state index in [4.69, 9.17) is 9.15 Å². The van der Waals surface area contributed by atoms with E-state index < -0.39 is 0 Å². The van der Waals surface area contributed by atoms with Gasteiger partial charge in [-0.25, -0.2) is 0 Å². The Morgan fingerprint density at radius 3 is 2.64 bits per heavy atom. The Hall–Kier alpha value is -1.82. The average Bonchev–Trinajstić information content (AvgIpc) is 3.16. The van der Waals surface area contributed by atoms with E-state index in [0.717, 1.165) is 63.7 Å². The molecule has 156 valence electrons. The first-order valence-corrected chi connectivity index (χ1v) is 10.9. The fraction of sp³-hybridized carbons (Fsp3) is 0.727. The van der Waals surface area contributed by atoms with E-state index in [2.05, 4.69) is 6.92 Å². The van der Waals surface area contributed by atoms with Gasteiger partial charge in [-0.3, -0.25) is 9.59 Å². The lowest BCUT2D eigenvalue weighted by atomic mass is 10.1. The van der Waals surface area contributed by atoms with Crippen LogP contribution in [0.1, 0.15) is 70.5 Å². The standard InChI is InChI=1S/C22H34N2O4/c1-2-3-4-5-10-21(25)24(18-11-12-18)17-22(26)23(15-19-8-6-13-27-19)16-20-9-7-14-28-20/h6,8,13,18,20H,2-5,7,9-12,14-17H2,1H3. The molecule has 28 heavy (non-hydrogen) atoms. The van der Waals surface area contributed by atoms with Crippen molar-refractivity contribution in [1.29, 1.82) is 0 Å². The first-order valence-electron chi connectivity index (χ1n) is 10.9. The van der Waals surface area contributed by atoms with Crippen molar-refractivity contribution in [2.24, 2.45) is 0 Å². The van der Waals surface area contributed by atoms with Gasteiger partial charge in [0, 0.05) is 25.6 Å². The number of unbranched alkanes of at least 4 members (excludes halogenated alkanes) is 3. The SMILES string of the molecule is CCCCCCC(=O)N(CC(=O)N(Cc1ccco1)CC1CCCO1)C1CC1. The molecule has 1 unspecified atom stereocenters. The van der Waals surface area contributed by atoms with Crippen LogP contribution in [0.2, 0.25) is 0 Å². The minimum Gasteiger partial charge on any atom is -0.467 e. The molecule has 6 nitrogen and oxygen atoms in total. The fourth-order valence-corrected chi connectivity index (χ4v) is 3.78. The smallest absolute Gasteiger partial charge is 0.242 e. The molecule has 2 aliphatic rings. The van der Waals surface area contributed by atoms with Crippen molar-refractivity contribution in [3.63, 3.8) is 0 Å². The predicted octanol–water partition coefficient (Wildman–Crippen LogP) is 3.75. The number of nitrogens with zero attached hydrogens (tertiary/aromatic N) is 2. The van der Waals surface area contributed by atoms with E-state index in [1.807, 2.05) is 17.0 Å². The maximum Gasteiger partial charge on any atom is 0.242 e. The molecule has 1 atom stereocenters. The summed E-state index contributed by atoms with van der Waals surface area (Å²) >= 11 is 0. The maximum atomic E-state index is 13.1. The minimum atomic E-state index is -0.0132. The summed E-state index contributed by atoms with van der Waals surface area (Å²) in [7, 11) is 0. The number of carbonyl (C=O) groups excluding carboxylic acids is 2. The van der Waals surface area contributed by atoms with Gasteiger partial charge in [-0.05, 0) is 44.2 Å². The van der Waals surface area contributed by atoms with Gasteiger partial charge in [0.15, 0.2) is 0 Å². The van der Waals surface area contributed by atoms with Gasteiger partial charge < -0.3 is 19.0 Å². The Morgan fingerprint density at radius 1 is 1.14 bits per heavy atom. The quantitative estimate of drug-likeness (QED) is 0.510. The number of carbonyl (C=O) groups is 2. The Morgan fingerprint density at radius 2 is 2.00 bits per heavy atom. The van der Waals surface area contributed by atoms with Crippen molar-refractivity contribution < 1.29 is 18.7 Å². The van der Waals surface area contributed by atoms with Crippen LogP contribution in [-0.4, -0.2) is 53.5 Å². The molecule has 1 saturated carbocycles. The van der Waals surface area contributed by atoms with Gasteiger partial charge in [-0.15, -0.1) is 0 Å². The summed E-state index contributed by atoms with van der Waals surface area (Å²) in [6.45, 7) is 4.08. The lowest BCUT2D eigenvalue weighted by Crippen LogP contribution is -2.45. The molecule has 2 amide bonds. The predicted molar refractivity (Wildman–Crippen MR) is 107 cm³/mol. The summed E-state index contributed by atoms with van der Waals surface area (Å²) in [5, 5.41) is 0. The van der Waals surface area contributed by atoms with E-state index in [0.29, 0.717) is 19.5 Å². The molecule has 6 heteroatoms. The van der Waals surface area contributed by atoms with Gasteiger partial charge in [0.05, 0.1) is 18.9 Å². The van der Waals surface area contributed by atoms with Crippen LogP contribution in [0.4, 0.5) is 0 Å². The van der Waals surface area contributed by atoms with Crippen LogP contribution < -0.4 is 0 Å². The van der Waals surface area contributed by atoms with E-state index >= 15 is 0 Å². The van der Waals surface area contributed by atoms with Crippen LogP contribution in [0.15, 0.2) is 22.8 Å². The van der Waals surface area contributed by atoms with Crippen LogP contribution in [0, 0.1) is 0 Å². The molecule has 1 aromatic rings. The third-order valence-electron chi connectivity index (χ3n) is 5.59. The van der Waals surface area contributed by atoms with Gasteiger partial charge in [-0.1, -0.05) is 26.2 Å². The van der Waals surface area contributed by atoms with Crippen molar-refractivity contribution in [2.45, 2.75) is 83.4 Å². The first kappa shape index (κ1) is 20.9. The molecule has 1 saturated heterocycles. The highest BCUT2D eigenvalue weighted by molar-refractivity contribution is 5.85. The van der Waals surface area contributed by atoms with Crippen molar-refractivity contribution in [1.82, 2.24) is 9.80 Å². The maximum absolute atomic E-state index is 13.1.